The van der Waals surface area contributed by atoms with Crippen LogP contribution in [-0.2, 0) is 0 Å². The molecule has 0 aliphatic rings. The van der Waals surface area contributed by atoms with Crippen molar-refractivity contribution >= 4 is 30.1 Å². The Hall–Kier alpha value is -4.44. The molecule has 0 amide bonds. The van der Waals surface area contributed by atoms with Crippen LogP contribution in [0.15, 0.2) is 77.9 Å². The van der Waals surface area contributed by atoms with Crippen molar-refractivity contribution in [1.82, 2.24) is 14.9 Å². The van der Waals surface area contributed by atoms with Crippen molar-refractivity contribution < 1.29 is 14.5 Å². The van der Waals surface area contributed by atoms with Crippen LogP contribution in [0, 0.1) is 21.8 Å². The molecule has 0 unspecified atom stereocenters. The molecule has 3 aromatic carbocycles. The summed E-state index contributed by atoms with van der Waals surface area (Å²) in [5.41, 5.74) is 2.65. The molecule has 0 bridgehead atoms. The number of aromatic amines is 1. The van der Waals surface area contributed by atoms with Crippen molar-refractivity contribution in [3.05, 3.63) is 104 Å². The van der Waals surface area contributed by atoms with Gasteiger partial charge in [0.15, 0.2) is 5.82 Å². The lowest BCUT2D eigenvalue weighted by Crippen LogP contribution is -2.08. The maximum Gasteiger partial charge on any atom is 0.343 e. The predicted octanol–water partition coefficient (Wildman–Crippen LogP) is 4.93. The fourth-order valence-electron chi connectivity index (χ4n) is 2.95. The van der Waals surface area contributed by atoms with Crippen molar-refractivity contribution in [2.45, 2.75) is 6.92 Å². The standard InChI is InChI=1S/C23H17N5O4S/c1-15-5-9-17(10-6-15)21-25-26-23(33)27(21)24-14-16-7-11-20(12-8-16)32-22(29)18-3-2-4-19(13-18)28(30)31/h2-14H,1H3,(H,26,33)/b24-14+. The average molecular weight is 459 g/mol. The van der Waals surface area contributed by atoms with Crippen LogP contribution in [0.5, 0.6) is 5.75 Å². The van der Waals surface area contributed by atoms with Gasteiger partial charge in [0, 0.05) is 17.7 Å². The third-order valence-corrected chi connectivity index (χ3v) is 4.93. The molecule has 0 aliphatic carbocycles. The van der Waals surface area contributed by atoms with Crippen molar-refractivity contribution in [3.8, 4) is 17.1 Å². The molecular formula is C23H17N5O4S. The van der Waals surface area contributed by atoms with E-state index < -0.39 is 10.9 Å². The SMILES string of the molecule is Cc1ccc(-c2n[nH]c(=S)n2/N=C/c2ccc(OC(=O)c3cccc([N+](=O)[O-])c3)cc2)cc1. The molecule has 1 aromatic heterocycles. The maximum absolute atomic E-state index is 12.3. The summed E-state index contributed by atoms with van der Waals surface area (Å²) in [6, 6.07) is 19.8. The van der Waals surface area contributed by atoms with Gasteiger partial charge in [-0.1, -0.05) is 35.9 Å². The van der Waals surface area contributed by atoms with E-state index in [1.165, 1.54) is 28.9 Å². The topological polar surface area (TPSA) is 115 Å². The molecule has 4 aromatic rings. The monoisotopic (exact) mass is 459 g/mol. The van der Waals surface area contributed by atoms with E-state index in [-0.39, 0.29) is 11.3 Å². The number of non-ortho nitro benzene ring substituents is 1. The lowest BCUT2D eigenvalue weighted by molar-refractivity contribution is -0.384. The Labute approximate surface area is 193 Å². The Morgan fingerprint density at radius 2 is 1.88 bits per heavy atom. The predicted molar refractivity (Wildman–Crippen MR) is 125 cm³/mol. The highest BCUT2D eigenvalue weighted by Crippen LogP contribution is 2.19. The van der Waals surface area contributed by atoms with Crippen LogP contribution < -0.4 is 4.74 Å². The number of rotatable bonds is 6. The number of ether oxygens (including phenoxy) is 1. The number of H-pyrrole nitrogens is 1. The van der Waals surface area contributed by atoms with Gasteiger partial charge in [-0.15, -0.1) is 0 Å². The van der Waals surface area contributed by atoms with Crippen molar-refractivity contribution in [1.29, 1.82) is 0 Å². The number of hydrogen-bond acceptors (Lipinski definition) is 7. The Kier molecular flexibility index (Phi) is 6.18. The zero-order valence-corrected chi connectivity index (χ0v) is 18.2. The van der Waals surface area contributed by atoms with E-state index >= 15 is 0 Å². The number of nitrogens with zero attached hydrogens (tertiary/aromatic N) is 4. The number of carbonyl (C=O) groups is 1. The van der Waals surface area contributed by atoms with E-state index in [0.717, 1.165) is 16.7 Å². The molecule has 0 spiro atoms. The highest BCUT2D eigenvalue weighted by molar-refractivity contribution is 7.71. The van der Waals surface area contributed by atoms with Gasteiger partial charge in [-0.2, -0.15) is 14.9 Å². The van der Waals surface area contributed by atoms with Crippen LogP contribution in [-0.4, -0.2) is 32.0 Å². The minimum absolute atomic E-state index is 0.0906. The summed E-state index contributed by atoms with van der Waals surface area (Å²) in [7, 11) is 0. The Balaban J connectivity index is 1.49. The number of hydrogen-bond donors (Lipinski definition) is 1. The molecule has 0 radical (unpaired) electrons. The second-order valence-electron chi connectivity index (χ2n) is 7.04. The van der Waals surface area contributed by atoms with Crippen LogP contribution in [0.25, 0.3) is 11.4 Å². The van der Waals surface area contributed by atoms with Gasteiger partial charge in [0.05, 0.1) is 16.7 Å². The fourth-order valence-corrected chi connectivity index (χ4v) is 3.13. The maximum atomic E-state index is 12.3. The van der Waals surface area contributed by atoms with Gasteiger partial charge in [-0.05, 0) is 55.0 Å². The molecule has 0 aliphatic heterocycles. The summed E-state index contributed by atoms with van der Waals surface area (Å²) in [5.74, 6) is 0.190. The molecule has 9 nitrogen and oxygen atoms in total. The Morgan fingerprint density at radius 1 is 1.15 bits per heavy atom. The first-order valence-corrected chi connectivity index (χ1v) is 10.2. The van der Waals surface area contributed by atoms with Crippen molar-refractivity contribution in [2.75, 3.05) is 0 Å². The van der Waals surface area contributed by atoms with Gasteiger partial charge < -0.3 is 4.74 Å². The van der Waals surface area contributed by atoms with Gasteiger partial charge in [0.25, 0.3) is 5.69 Å². The van der Waals surface area contributed by atoms with E-state index in [9.17, 15) is 14.9 Å². The second-order valence-corrected chi connectivity index (χ2v) is 7.43. The number of esters is 1. The van der Waals surface area contributed by atoms with Crippen molar-refractivity contribution in [2.24, 2.45) is 5.10 Å². The first kappa shape index (κ1) is 21.8. The lowest BCUT2D eigenvalue weighted by Gasteiger charge is -2.05. The van der Waals surface area contributed by atoms with Crippen LogP contribution in [0.3, 0.4) is 0 Å². The summed E-state index contributed by atoms with van der Waals surface area (Å²) in [4.78, 5) is 22.6. The van der Waals surface area contributed by atoms with E-state index in [1.807, 2.05) is 31.2 Å². The summed E-state index contributed by atoms with van der Waals surface area (Å²) in [6.45, 7) is 2.00. The lowest BCUT2D eigenvalue weighted by atomic mass is 10.1. The minimum Gasteiger partial charge on any atom is -0.423 e. The molecule has 0 saturated carbocycles. The van der Waals surface area contributed by atoms with Crippen molar-refractivity contribution in [3.63, 3.8) is 0 Å². The van der Waals surface area contributed by atoms with E-state index in [4.69, 9.17) is 17.0 Å². The number of nitro groups is 1. The minimum atomic E-state index is -0.687. The zero-order chi connectivity index (χ0) is 23.4. The number of aromatic nitrogens is 3. The average Bonchev–Trinajstić information content (AvgIpc) is 3.19. The third kappa shape index (κ3) is 5.08. The second kappa shape index (κ2) is 9.37. The Morgan fingerprint density at radius 3 is 2.58 bits per heavy atom. The Bertz CT molecular complexity index is 1410. The summed E-state index contributed by atoms with van der Waals surface area (Å²) >= 11 is 5.29. The molecule has 4 rings (SSSR count). The molecule has 10 heteroatoms. The molecule has 33 heavy (non-hydrogen) atoms. The number of carbonyl (C=O) groups excluding carboxylic acids is 1. The quantitative estimate of drug-likeness (QED) is 0.109. The number of benzene rings is 3. The van der Waals surface area contributed by atoms with E-state index in [2.05, 4.69) is 15.3 Å². The summed E-state index contributed by atoms with van der Waals surface area (Å²) in [6.07, 6.45) is 1.61. The zero-order valence-electron chi connectivity index (χ0n) is 17.3. The molecule has 164 valence electrons. The van der Waals surface area contributed by atoms with Gasteiger partial charge in [0.2, 0.25) is 4.77 Å². The molecule has 0 atom stereocenters. The smallest absolute Gasteiger partial charge is 0.343 e. The molecule has 1 N–H and O–H groups in total. The van der Waals surface area contributed by atoms with E-state index in [0.29, 0.717) is 16.3 Å². The van der Waals surface area contributed by atoms with Crippen LogP contribution in [0.1, 0.15) is 21.5 Å². The van der Waals surface area contributed by atoms with Gasteiger partial charge in [-0.3, -0.25) is 10.1 Å². The number of nitrogens with one attached hydrogen (secondary N) is 1. The molecule has 0 fully saturated rings. The van der Waals surface area contributed by atoms with Crippen LogP contribution >= 0.6 is 12.2 Å². The summed E-state index contributed by atoms with van der Waals surface area (Å²) < 4.78 is 7.18. The number of aryl methyl sites for hydroxylation is 1. The first-order chi connectivity index (χ1) is 15.9. The first-order valence-electron chi connectivity index (χ1n) is 9.76. The normalized spacial score (nSPS) is 10.9. The van der Waals surface area contributed by atoms with E-state index in [1.54, 1.807) is 30.5 Å². The van der Waals surface area contributed by atoms with Crippen LogP contribution in [0.2, 0.25) is 0 Å². The largest absolute Gasteiger partial charge is 0.423 e. The molecule has 1 heterocycles. The van der Waals surface area contributed by atoms with Gasteiger partial charge in [-0.25, -0.2) is 9.89 Å². The van der Waals surface area contributed by atoms with Crippen LogP contribution in [0.4, 0.5) is 5.69 Å². The number of nitro benzene ring substituents is 1. The summed E-state index contributed by atoms with van der Waals surface area (Å²) in [5, 5.41) is 22.3. The highest BCUT2D eigenvalue weighted by Gasteiger charge is 2.13. The molecule has 0 saturated heterocycles. The van der Waals surface area contributed by atoms with Gasteiger partial charge in [0.1, 0.15) is 5.75 Å². The highest BCUT2D eigenvalue weighted by atomic mass is 32.1. The van der Waals surface area contributed by atoms with Gasteiger partial charge >= 0.3 is 5.97 Å². The fraction of sp³-hybridized carbons (Fsp3) is 0.0435. The third-order valence-electron chi connectivity index (χ3n) is 4.67. The molecular weight excluding hydrogens is 442 g/mol.